The number of rotatable bonds is 5. The molecule has 0 unspecified atom stereocenters. The van der Waals surface area contributed by atoms with Crippen molar-refractivity contribution in [1.29, 1.82) is 0 Å². The molecular weight excluding hydrogens is 773 g/mol. The van der Waals surface area contributed by atoms with Crippen LogP contribution in [-0.2, 0) is 21.7 Å². The van der Waals surface area contributed by atoms with Crippen LogP contribution in [0.5, 0.6) is 0 Å². The smallest absolute Gasteiger partial charge is 0.0541 e. The summed E-state index contributed by atoms with van der Waals surface area (Å²) in [5.74, 6) is 0. The molecule has 0 atom stereocenters. The third-order valence-electron chi connectivity index (χ3n) is 13.7. The average Bonchev–Trinajstić information content (AvgIpc) is 3.59. The number of anilines is 3. The van der Waals surface area contributed by atoms with Crippen molar-refractivity contribution in [2.75, 3.05) is 4.90 Å². The lowest BCUT2D eigenvalue weighted by atomic mass is 9.76. The van der Waals surface area contributed by atoms with Crippen molar-refractivity contribution in [1.82, 2.24) is 4.57 Å². The maximum Gasteiger partial charge on any atom is 0.0541 e. The molecule has 2 nitrogen and oxygen atoms in total. The zero-order chi connectivity index (χ0) is 45.1. The fraction of sp³-hybridized carbons (Fsp3) is 0.258. The highest BCUT2D eigenvalue weighted by Gasteiger charge is 2.31. The number of aromatic nitrogens is 1. The molecule has 0 aliphatic carbocycles. The first-order chi connectivity index (χ1) is 30.3. The zero-order valence-corrected chi connectivity index (χ0v) is 39.9. The van der Waals surface area contributed by atoms with E-state index < -0.39 is 0 Å². The van der Waals surface area contributed by atoms with Gasteiger partial charge in [0.1, 0.15) is 0 Å². The van der Waals surface area contributed by atoms with Gasteiger partial charge in [-0.05, 0) is 125 Å². The number of hydrogen-bond donors (Lipinski definition) is 0. The van der Waals surface area contributed by atoms with E-state index in [9.17, 15) is 0 Å². The summed E-state index contributed by atoms with van der Waals surface area (Å²) in [6.45, 7) is 28.0. The fourth-order valence-electron chi connectivity index (χ4n) is 10.2. The van der Waals surface area contributed by atoms with Gasteiger partial charge in [0.25, 0.3) is 0 Å². The van der Waals surface area contributed by atoms with Crippen LogP contribution in [0.2, 0.25) is 0 Å². The van der Waals surface area contributed by atoms with E-state index in [4.69, 9.17) is 0 Å². The van der Waals surface area contributed by atoms with Gasteiger partial charge in [-0.2, -0.15) is 0 Å². The number of para-hydroxylation sites is 2. The summed E-state index contributed by atoms with van der Waals surface area (Å²) in [5, 5.41) is 10.2. The summed E-state index contributed by atoms with van der Waals surface area (Å²) in [5.41, 5.74) is 14.9. The Bertz CT molecular complexity index is 3330. The van der Waals surface area contributed by atoms with E-state index in [1.54, 1.807) is 0 Å². The summed E-state index contributed by atoms with van der Waals surface area (Å²) in [6, 6.07) is 60.2. The van der Waals surface area contributed by atoms with Crippen molar-refractivity contribution in [3.8, 4) is 16.8 Å². The molecule has 0 aliphatic rings. The van der Waals surface area contributed by atoms with Crippen LogP contribution in [0, 0.1) is 0 Å². The Morgan fingerprint density at radius 3 is 1.41 bits per heavy atom. The zero-order valence-electron chi connectivity index (χ0n) is 39.9. The molecule has 0 amide bonds. The van der Waals surface area contributed by atoms with Crippen molar-refractivity contribution in [2.45, 2.75) is 105 Å². The number of nitrogens with zero attached hydrogens (tertiary/aromatic N) is 2. The summed E-state index contributed by atoms with van der Waals surface area (Å²) in [6.07, 6.45) is 0. The minimum atomic E-state index is -0.170. The topological polar surface area (TPSA) is 8.17 Å². The largest absolute Gasteiger partial charge is 0.310 e. The maximum absolute atomic E-state index is 2.58. The molecule has 0 N–H and O–H groups in total. The molecule has 10 rings (SSSR count). The predicted molar refractivity (Wildman–Crippen MR) is 279 cm³/mol. The van der Waals surface area contributed by atoms with Crippen molar-refractivity contribution in [3.63, 3.8) is 0 Å². The molecule has 64 heavy (non-hydrogen) atoms. The van der Waals surface area contributed by atoms with Crippen LogP contribution in [0.1, 0.15) is 105 Å². The minimum Gasteiger partial charge on any atom is -0.310 e. The highest BCUT2D eigenvalue weighted by molar-refractivity contribution is 6.27. The molecule has 0 saturated heterocycles. The third kappa shape index (κ3) is 6.85. The molecule has 9 aromatic carbocycles. The number of fused-ring (bicyclic) bond motifs is 3. The highest BCUT2D eigenvalue weighted by Crippen LogP contribution is 2.50. The Hall–Kier alpha value is -6.38. The van der Waals surface area contributed by atoms with Gasteiger partial charge in [0.2, 0.25) is 0 Å². The molecule has 10 aromatic rings. The molecule has 0 fully saturated rings. The first kappa shape index (κ1) is 41.6. The fourth-order valence-corrected chi connectivity index (χ4v) is 10.2. The van der Waals surface area contributed by atoms with E-state index in [0.29, 0.717) is 0 Å². The van der Waals surface area contributed by atoms with E-state index >= 15 is 0 Å². The van der Waals surface area contributed by atoms with Gasteiger partial charge in [0.05, 0.1) is 28.1 Å². The molecule has 0 radical (unpaired) electrons. The maximum atomic E-state index is 2.58. The summed E-state index contributed by atoms with van der Waals surface area (Å²) >= 11 is 0. The second-order valence-electron chi connectivity index (χ2n) is 22.3. The van der Waals surface area contributed by atoms with E-state index in [0.717, 1.165) is 5.69 Å². The summed E-state index contributed by atoms with van der Waals surface area (Å²) in [4.78, 5) is 2.58. The van der Waals surface area contributed by atoms with Gasteiger partial charge in [-0.15, -0.1) is 0 Å². The Balaban J connectivity index is 1.27. The minimum absolute atomic E-state index is 0.0323. The van der Waals surface area contributed by atoms with E-state index in [1.165, 1.54) is 105 Å². The monoisotopic (exact) mass is 834 g/mol. The Labute approximate surface area is 380 Å². The average molecular weight is 835 g/mol. The van der Waals surface area contributed by atoms with E-state index in [-0.39, 0.29) is 21.7 Å². The second kappa shape index (κ2) is 14.6. The molecule has 1 heterocycles. The quantitative estimate of drug-likeness (QED) is 0.157. The lowest BCUT2D eigenvalue weighted by Gasteiger charge is -2.36. The molecule has 0 aliphatic heterocycles. The SMILES string of the molecule is CC(C)(C)c1ccc(-c2cc(C(C)(C)C)c(N(c3ccc(C(C)(C)C)cc3)c3ccc4ccc5c(-n6c7ccccc7c7ccccc76)ccc6ccc3c4c65)cc2C(C)(C)C)cc1. The Kier molecular flexibility index (Phi) is 9.48. The summed E-state index contributed by atoms with van der Waals surface area (Å²) < 4.78 is 2.47. The first-order valence-corrected chi connectivity index (χ1v) is 23.2. The lowest BCUT2D eigenvalue weighted by molar-refractivity contribution is 0.579. The van der Waals surface area contributed by atoms with Crippen LogP contribution in [0.3, 0.4) is 0 Å². The third-order valence-corrected chi connectivity index (χ3v) is 13.7. The Morgan fingerprint density at radius 2 is 0.859 bits per heavy atom. The van der Waals surface area contributed by atoms with Crippen molar-refractivity contribution >= 4 is 71.2 Å². The van der Waals surface area contributed by atoms with Gasteiger partial charge in [-0.1, -0.05) is 192 Å². The molecule has 2 heteroatoms. The van der Waals surface area contributed by atoms with Crippen LogP contribution in [-0.4, -0.2) is 4.57 Å². The van der Waals surface area contributed by atoms with Crippen molar-refractivity contribution < 1.29 is 0 Å². The predicted octanol–water partition coefficient (Wildman–Crippen LogP) is 18.0. The van der Waals surface area contributed by atoms with Gasteiger partial charge >= 0.3 is 0 Å². The molecule has 320 valence electrons. The molecular formula is C62H62N2. The van der Waals surface area contributed by atoms with Gasteiger partial charge < -0.3 is 9.47 Å². The summed E-state index contributed by atoms with van der Waals surface area (Å²) in [7, 11) is 0. The molecule has 0 bridgehead atoms. The van der Waals surface area contributed by atoms with Gasteiger partial charge in [-0.3, -0.25) is 0 Å². The van der Waals surface area contributed by atoms with Gasteiger partial charge in [0, 0.05) is 27.2 Å². The highest BCUT2D eigenvalue weighted by atomic mass is 15.1. The van der Waals surface area contributed by atoms with Gasteiger partial charge in [0.15, 0.2) is 0 Å². The van der Waals surface area contributed by atoms with Crippen LogP contribution < -0.4 is 4.90 Å². The molecule has 0 saturated carbocycles. The van der Waals surface area contributed by atoms with Crippen LogP contribution in [0.25, 0.3) is 70.9 Å². The van der Waals surface area contributed by atoms with Crippen LogP contribution in [0.4, 0.5) is 17.1 Å². The van der Waals surface area contributed by atoms with Crippen molar-refractivity contribution in [3.05, 3.63) is 180 Å². The van der Waals surface area contributed by atoms with E-state index in [1.807, 2.05) is 0 Å². The second-order valence-corrected chi connectivity index (χ2v) is 22.3. The van der Waals surface area contributed by atoms with Crippen LogP contribution in [0.15, 0.2) is 158 Å². The normalized spacial score (nSPS) is 13.0. The Morgan fingerprint density at radius 1 is 0.375 bits per heavy atom. The van der Waals surface area contributed by atoms with Gasteiger partial charge in [-0.25, -0.2) is 0 Å². The standard InChI is InChI=1S/C62H62N2/c1-59(2,3)42-27-21-39(22-28-42)49-37-51(62(10,11)12)56(38-50(49)61(7,8)9)63(44-31-29-43(30-32-44)60(4,5)6)54-35-25-40-24-34-48-55(36-26-41-23-33-47(54)57(40)58(41)48)64-52-19-15-13-17-45(52)46-18-14-16-20-53(46)64/h13-38H,1-12H3. The van der Waals surface area contributed by atoms with E-state index in [2.05, 4.69) is 250 Å². The van der Waals surface area contributed by atoms with Crippen LogP contribution >= 0.6 is 0 Å². The molecule has 0 spiro atoms. The lowest BCUT2D eigenvalue weighted by Crippen LogP contribution is -2.22. The molecule has 1 aromatic heterocycles. The number of hydrogen-bond acceptors (Lipinski definition) is 1. The first-order valence-electron chi connectivity index (χ1n) is 23.2. The number of benzene rings is 9. The van der Waals surface area contributed by atoms with Crippen molar-refractivity contribution in [2.24, 2.45) is 0 Å².